The second-order valence-electron chi connectivity index (χ2n) is 8.93. The maximum atomic E-state index is 13.5. The molecule has 34 heavy (non-hydrogen) atoms. The number of hydrogen-bond donors (Lipinski definition) is 1. The molecule has 184 valence electrons. The minimum atomic E-state index is -3.74. The van der Waals surface area contributed by atoms with Gasteiger partial charge in [-0.05, 0) is 62.1 Å². The van der Waals surface area contributed by atoms with E-state index in [1.54, 1.807) is 43.3 Å². The van der Waals surface area contributed by atoms with E-state index in [0.717, 1.165) is 47.4 Å². The first-order chi connectivity index (χ1) is 16.0. The van der Waals surface area contributed by atoms with Gasteiger partial charge in [-0.1, -0.05) is 48.7 Å². The molecule has 2 amide bonds. The Bertz CT molecular complexity index is 1130. The smallest absolute Gasteiger partial charge is 0.244 e. The lowest BCUT2D eigenvalue weighted by atomic mass is 10.1. The topological polar surface area (TPSA) is 86.8 Å². The average Bonchev–Trinajstić information content (AvgIpc) is 3.27. The van der Waals surface area contributed by atoms with Crippen LogP contribution in [-0.4, -0.2) is 50.0 Å². The van der Waals surface area contributed by atoms with Crippen molar-refractivity contribution in [2.75, 3.05) is 17.1 Å². The van der Waals surface area contributed by atoms with Crippen LogP contribution in [0.1, 0.15) is 43.7 Å². The van der Waals surface area contributed by atoms with Crippen molar-refractivity contribution in [1.82, 2.24) is 10.2 Å². The van der Waals surface area contributed by atoms with E-state index in [1.807, 2.05) is 19.1 Å². The summed E-state index contributed by atoms with van der Waals surface area (Å²) in [7, 11) is -3.74. The Morgan fingerprint density at radius 2 is 1.79 bits per heavy atom. The van der Waals surface area contributed by atoms with Gasteiger partial charge >= 0.3 is 0 Å². The van der Waals surface area contributed by atoms with Crippen molar-refractivity contribution in [3.05, 3.63) is 64.7 Å². The molecule has 0 radical (unpaired) electrons. The predicted molar refractivity (Wildman–Crippen MR) is 135 cm³/mol. The number of hydrogen-bond acceptors (Lipinski definition) is 4. The van der Waals surface area contributed by atoms with Gasteiger partial charge in [-0.15, -0.1) is 0 Å². The summed E-state index contributed by atoms with van der Waals surface area (Å²) in [5, 5.41) is 3.56. The Morgan fingerprint density at radius 1 is 1.12 bits per heavy atom. The molecule has 1 saturated carbocycles. The molecular weight excluding hydrogens is 474 g/mol. The van der Waals surface area contributed by atoms with Crippen LogP contribution < -0.4 is 9.62 Å². The second kappa shape index (κ2) is 11.2. The highest BCUT2D eigenvalue weighted by Crippen LogP contribution is 2.22. The van der Waals surface area contributed by atoms with E-state index in [1.165, 1.54) is 4.90 Å². The molecule has 9 heteroatoms. The van der Waals surface area contributed by atoms with Crippen molar-refractivity contribution in [3.63, 3.8) is 0 Å². The summed E-state index contributed by atoms with van der Waals surface area (Å²) >= 11 is 6.13. The number of carbonyl (C=O) groups is 2. The van der Waals surface area contributed by atoms with Gasteiger partial charge in [0.1, 0.15) is 12.6 Å². The van der Waals surface area contributed by atoms with Crippen LogP contribution in [0.4, 0.5) is 5.69 Å². The van der Waals surface area contributed by atoms with Crippen molar-refractivity contribution >= 4 is 39.1 Å². The van der Waals surface area contributed by atoms with E-state index in [9.17, 15) is 18.0 Å². The van der Waals surface area contributed by atoms with Crippen molar-refractivity contribution in [3.8, 4) is 0 Å². The number of halogens is 1. The summed E-state index contributed by atoms with van der Waals surface area (Å²) in [5.41, 5.74) is 2.03. The molecule has 0 bridgehead atoms. The number of nitrogens with one attached hydrogen (secondary N) is 1. The minimum absolute atomic E-state index is 0.109. The summed E-state index contributed by atoms with van der Waals surface area (Å²) in [6.45, 7) is 3.24. The Morgan fingerprint density at radius 3 is 2.41 bits per heavy atom. The van der Waals surface area contributed by atoms with Crippen LogP contribution >= 0.6 is 11.6 Å². The molecule has 0 aliphatic heterocycles. The highest BCUT2D eigenvalue weighted by Gasteiger charge is 2.31. The van der Waals surface area contributed by atoms with Crippen LogP contribution in [0.15, 0.2) is 48.5 Å². The summed E-state index contributed by atoms with van der Waals surface area (Å²) in [4.78, 5) is 28.0. The normalized spacial score (nSPS) is 15.1. The Kier molecular flexibility index (Phi) is 8.60. The van der Waals surface area contributed by atoms with Gasteiger partial charge < -0.3 is 10.2 Å². The van der Waals surface area contributed by atoms with E-state index >= 15 is 0 Å². The largest absolute Gasteiger partial charge is 0.352 e. The number of amides is 2. The molecule has 0 heterocycles. The van der Waals surface area contributed by atoms with E-state index in [2.05, 4.69) is 5.32 Å². The minimum Gasteiger partial charge on any atom is -0.352 e. The molecule has 2 aromatic rings. The third-order valence-corrected chi connectivity index (χ3v) is 7.46. The Labute approximate surface area is 207 Å². The van der Waals surface area contributed by atoms with Gasteiger partial charge in [0, 0.05) is 17.6 Å². The molecule has 1 atom stereocenters. The summed E-state index contributed by atoms with van der Waals surface area (Å²) in [5.74, 6) is -0.718. The molecule has 3 rings (SSSR count). The number of aryl methyl sites for hydroxylation is 1. The number of nitrogens with zero attached hydrogens (tertiary/aromatic N) is 2. The predicted octanol–water partition coefficient (Wildman–Crippen LogP) is 3.89. The van der Waals surface area contributed by atoms with Crippen molar-refractivity contribution in [2.45, 2.75) is 58.2 Å². The molecule has 1 N–H and O–H groups in total. The Balaban J connectivity index is 1.88. The van der Waals surface area contributed by atoms with Crippen LogP contribution in [0.5, 0.6) is 0 Å². The molecule has 2 aromatic carbocycles. The fourth-order valence-corrected chi connectivity index (χ4v) is 5.26. The van der Waals surface area contributed by atoms with Gasteiger partial charge in [-0.25, -0.2) is 8.42 Å². The number of carbonyl (C=O) groups excluding carboxylic acids is 2. The number of rotatable bonds is 9. The summed E-state index contributed by atoms with van der Waals surface area (Å²) in [6, 6.07) is 13.4. The van der Waals surface area contributed by atoms with E-state index < -0.39 is 28.5 Å². The van der Waals surface area contributed by atoms with E-state index in [0.29, 0.717) is 10.7 Å². The fraction of sp³-hybridized carbons (Fsp3) is 0.440. The zero-order valence-electron chi connectivity index (χ0n) is 19.8. The van der Waals surface area contributed by atoms with Crippen LogP contribution in [0.2, 0.25) is 5.02 Å². The molecule has 1 fully saturated rings. The maximum absolute atomic E-state index is 13.5. The van der Waals surface area contributed by atoms with E-state index in [-0.39, 0.29) is 18.5 Å². The van der Waals surface area contributed by atoms with Gasteiger partial charge in [0.15, 0.2) is 0 Å². The van der Waals surface area contributed by atoms with Crippen LogP contribution in [0, 0.1) is 6.92 Å². The molecule has 1 aliphatic rings. The zero-order valence-corrected chi connectivity index (χ0v) is 21.4. The van der Waals surface area contributed by atoms with Crippen molar-refractivity contribution in [1.29, 1.82) is 0 Å². The lowest BCUT2D eigenvalue weighted by molar-refractivity contribution is -0.139. The average molecular weight is 506 g/mol. The first kappa shape index (κ1) is 26.0. The summed E-state index contributed by atoms with van der Waals surface area (Å²) in [6.07, 6.45) is 5.07. The molecule has 7 nitrogen and oxygen atoms in total. The van der Waals surface area contributed by atoms with Gasteiger partial charge in [0.25, 0.3) is 0 Å². The highest BCUT2D eigenvalue weighted by molar-refractivity contribution is 7.92. The van der Waals surface area contributed by atoms with Crippen LogP contribution in [0.25, 0.3) is 0 Å². The molecule has 0 aromatic heterocycles. The molecule has 0 saturated heterocycles. The molecular formula is C25H32ClN3O4S. The monoisotopic (exact) mass is 505 g/mol. The standard InChI is InChI=1S/C25H32ClN3O4S/c1-18-8-6-13-23(14-18)29(34(3,32)33)17-24(30)28(16-20-9-7-10-21(26)15-20)19(2)25(31)27-22-11-4-5-12-22/h6-10,13-15,19,22H,4-5,11-12,16-17H2,1-3H3,(H,27,31)/t19-/m1/s1. The lowest BCUT2D eigenvalue weighted by Gasteiger charge is -2.32. The Hall–Kier alpha value is -2.58. The van der Waals surface area contributed by atoms with Gasteiger partial charge in [-0.2, -0.15) is 0 Å². The molecule has 0 unspecified atom stereocenters. The second-order valence-corrected chi connectivity index (χ2v) is 11.3. The summed E-state index contributed by atoms with van der Waals surface area (Å²) < 4.78 is 26.3. The van der Waals surface area contributed by atoms with Crippen LogP contribution in [-0.2, 0) is 26.2 Å². The van der Waals surface area contributed by atoms with Gasteiger partial charge in [-0.3, -0.25) is 13.9 Å². The maximum Gasteiger partial charge on any atom is 0.244 e. The van der Waals surface area contributed by atoms with E-state index in [4.69, 9.17) is 11.6 Å². The first-order valence-electron chi connectivity index (χ1n) is 11.4. The lowest BCUT2D eigenvalue weighted by Crippen LogP contribution is -2.52. The quantitative estimate of drug-likeness (QED) is 0.560. The number of benzene rings is 2. The number of sulfonamides is 1. The highest BCUT2D eigenvalue weighted by atomic mass is 35.5. The zero-order chi connectivity index (χ0) is 24.9. The molecule has 0 spiro atoms. The molecule has 1 aliphatic carbocycles. The first-order valence-corrected chi connectivity index (χ1v) is 13.7. The van der Waals surface area contributed by atoms with Crippen molar-refractivity contribution in [2.24, 2.45) is 0 Å². The van der Waals surface area contributed by atoms with Gasteiger partial charge in [0.05, 0.1) is 11.9 Å². The number of anilines is 1. The SMILES string of the molecule is Cc1cccc(N(CC(=O)N(Cc2cccc(Cl)c2)[C@H](C)C(=O)NC2CCCC2)S(C)(=O)=O)c1. The third kappa shape index (κ3) is 6.96. The fourth-order valence-electron chi connectivity index (χ4n) is 4.20. The van der Waals surface area contributed by atoms with Gasteiger partial charge in [0.2, 0.25) is 21.8 Å². The van der Waals surface area contributed by atoms with Crippen LogP contribution in [0.3, 0.4) is 0 Å². The van der Waals surface area contributed by atoms with Crippen molar-refractivity contribution < 1.29 is 18.0 Å². The third-order valence-electron chi connectivity index (χ3n) is 6.08.